The number of nitrogens with zero attached hydrogens (tertiary/aromatic N) is 2. The first-order valence-electron chi connectivity index (χ1n) is 16.5. The number of aliphatic hydroxyl groups is 2. The van der Waals surface area contributed by atoms with Gasteiger partial charge in [0.2, 0.25) is 11.8 Å². The number of nitrogens with one attached hydrogen (secondary N) is 2. The van der Waals surface area contributed by atoms with Crippen molar-refractivity contribution < 1.29 is 24.6 Å². The first kappa shape index (κ1) is 32.1. The third-order valence-corrected chi connectivity index (χ3v) is 9.76. The average Bonchev–Trinajstić information content (AvgIpc) is 3.63. The summed E-state index contributed by atoms with van der Waals surface area (Å²) in [6.45, 7) is 2.02. The molecule has 4 aromatic carbocycles. The third kappa shape index (κ3) is 5.92. The molecule has 2 aliphatic heterocycles. The molecule has 3 heterocycles. The number of fused-ring (bicyclic) bond motifs is 3. The summed E-state index contributed by atoms with van der Waals surface area (Å²) in [5.74, 6) is -1.63. The van der Waals surface area contributed by atoms with Crippen molar-refractivity contribution in [3.8, 4) is 0 Å². The van der Waals surface area contributed by atoms with Gasteiger partial charge in [-0.2, -0.15) is 0 Å². The van der Waals surface area contributed by atoms with E-state index in [1.165, 1.54) is 4.90 Å². The summed E-state index contributed by atoms with van der Waals surface area (Å²) in [6.07, 6.45) is 5.99. The van der Waals surface area contributed by atoms with Gasteiger partial charge in [-0.15, -0.1) is 0 Å². The minimum absolute atomic E-state index is 0.0481. The maximum absolute atomic E-state index is 14.2. The second-order valence-corrected chi connectivity index (χ2v) is 12.8. The van der Waals surface area contributed by atoms with Gasteiger partial charge in [0.15, 0.2) is 5.60 Å². The van der Waals surface area contributed by atoms with Crippen LogP contribution in [0.2, 0.25) is 0 Å². The fourth-order valence-corrected chi connectivity index (χ4v) is 7.11. The fraction of sp³-hybridized carbons (Fsp3) is 0.225. The molecule has 7 rings (SSSR count). The Morgan fingerprint density at radius 3 is 2.53 bits per heavy atom. The van der Waals surface area contributed by atoms with E-state index in [0.717, 1.165) is 27.6 Å². The van der Waals surface area contributed by atoms with Gasteiger partial charge in [0.25, 0.3) is 5.91 Å². The number of carbonyl (C=O) groups excluding carboxylic acids is 3. The quantitative estimate of drug-likeness (QED) is 0.151. The summed E-state index contributed by atoms with van der Waals surface area (Å²) < 4.78 is 0. The van der Waals surface area contributed by atoms with Crippen molar-refractivity contribution in [1.29, 1.82) is 0 Å². The lowest BCUT2D eigenvalue weighted by Gasteiger charge is -2.36. The molecule has 0 spiro atoms. The summed E-state index contributed by atoms with van der Waals surface area (Å²) in [7, 11) is 0. The molecule has 0 radical (unpaired) electrons. The van der Waals surface area contributed by atoms with Crippen LogP contribution in [0, 0.1) is 5.92 Å². The van der Waals surface area contributed by atoms with E-state index in [2.05, 4.69) is 10.3 Å². The van der Waals surface area contributed by atoms with Crippen molar-refractivity contribution in [2.24, 2.45) is 5.92 Å². The number of para-hydroxylation sites is 2. The Morgan fingerprint density at radius 1 is 1.00 bits per heavy atom. The Balaban J connectivity index is 1.13. The molecule has 49 heavy (non-hydrogen) atoms. The Labute approximate surface area is 284 Å². The van der Waals surface area contributed by atoms with Crippen LogP contribution in [-0.2, 0) is 39.4 Å². The summed E-state index contributed by atoms with van der Waals surface area (Å²) in [5.41, 5.74) is 3.97. The summed E-state index contributed by atoms with van der Waals surface area (Å²) >= 11 is 0. The molecule has 0 aliphatic carbocycles. The molecule has 1 aromatic heterocycles. The van der Waals surface area contributed by atoms with Gasteiger partial charge in [0.05, 0.1) is 24.8 Å². The predicted molar refractivity (Wildman–Crippen MR) is 189 cm³/mol. The van der Waals surface area contributed by atoms with Gasteiger partial charge in [-0.25, -0.2) is 0 Å². The molecule has 0 unspecified atom stereocenters. The SMILES string of the molecule is C[C@@H](/C=C/CC(=O)N1Cc2ccccc2C[C@H]1CO)[C@]1(O)C(=O)N(c2ccccc2)c2ccc(NC(=O)Cc3c[nH]c4ccccc34)cc21. The van der Waals surface area contributed by atoms with Crippen LogP contribution in [0.25, 0.3) is 10.9 Å². The van der Waals surface area contributed by atoms with E-state index in [-0.39, 0.29) is 37.3 Å². The largest absolute Gasteiger partial charge is 0.394 e. The van der Waals surface area contributed by atoms with E-state index < -0.39 is 17.4 Å². The predicted octanol–water partition coefficient (Wildman–Crippen LogP) is 5.74. The van der Waals surface area contributed by atoms with Gasteiger partial charge in [-0.05, 0) is 59.5 Å². The van der Waals surface area contributed by atoms with Gasteiger partial charge >= 0.3 is 0 Å². The van der Waals surface area contributed by atoms with Crippen molar-refractivity contribution in [2.75, 3.05) is 16.8 Å². The maximum Gasteiger partial charge on any atom is 0.268 e. The Bertz CT molecular complexity index is 2070. The van der Waals surface area contributed by atoms with Crippen molar-refractivity contribution >= 4 is 45.7 Å². The van der Waals surface area contributed by atoms with Crippen molar-refractivity contribution in [2.45, 2.75) is 44.4 Å². The molecule has 5 aromatic rings. The van der Waals surface area contributed by atoms with E-state index in [4.69, 9.17) is 0 Å². The number of H-pyrrole nitrogens is 1. The lowest BCUT2D eigenvalue weighted by atomic mass is 9.82. The Hall–Kier alpha value is -5.51. The second-order valence-electron chi connectivity index (χ2n) is 12.8. The molecule has 9 heteroatoms. The normalized spacial score (nSPS) is 19.2. The van der Waals surface area contributed by atoms with Crippen LogP contribution in [-0.4, -0.2) is 50.5 Å². The Morgan fingerprint density at radius 2 is 1.73 bits per heavy atom. The Kier molecular flexibility index (Phi) is 8.62. The highest BCUT2D eigenvalue weighted by Crippen LogP contribution is 2.49. The third-order valence-electron chi connectivity index (χ3n) is 9.76. The topological polar surface area (TPSA) is 126 Å². The molecule has 0 saturated carbocycles. The number of rotatable bonds is 9. The van der Waals surface area contributed by atoms with Crippen LogP contribution < -0.4 is 10.2 Å². The van der Waals surface area contributed by atoms with Crippen LogP contribution in [0.1, 0.15) is 35.6 Å². The number of aromatic nitrogens is 1. The molecule has 4 N–H and O–H groups in total. The lowest BCUT2D eigenvalue weighted by molar-refractivity contribution is -0.138. The van der Waals surface area contributed by atoms with Crippen molar-refractivity contribution in [3.63, 3.8) is 0 Å². The van der Waals surface area contributed by atoms with Gasteiger partial charge < -0.3 is 25.4 Å². The van der Waals surface area contributed by atoms with Crippen LogP contribution >= 0.6 is 0 Å². The highest BCUT2D eigenvalue weighted by molar-refractivity contribution is 6.12. The molecule has 3 atom stereocenters. The first-order chi connectivity index (χ1) is 23.8. The molecule has 9 nitrogen and oxygen atoms in total. The molecule has 3 amide bonds. The molecule has 0 fully saturated rings. The monoisotopic (exact) mass is 654 g/mol. The van der Waals surface area contributed by atoms with Gasteiger partial charge in [-0.1, -0.05) is 79.7 Å². The number of carbonyl (C=O) groups is 3. The smallest absolute Gasteiger partial charge is 0.268 e. The average molecular weight is 655 g/mol. The second kappa shape index (κ2) is 13.2. The van der Waals surface area contributed by atoms with Gasteiger partial charge in [-0.3, -0.25) is 19.3 Å². The van der Waals surface area contributed by atoms with E-state index >= 15 is 0 Å². The molecular weight excluding hydrogens is 616 g/mol. The highest BCUT2D eigenvalue weighted by atomic mass is 16.3. The summed E-state index contributed by atoms with van der Waals surface area (Å²) in [4.78, 5) is 47.1. The maximum atomic E-state index is 14.2. The molecule has 2 aliphatic rings. The lowest BCUT2D eigenvalue weighted by Crippen LogP contribution is -2.46. The van der Waals surface area contributed by atoms with Crippen LogP contribution in [0.3, 0.4) is 0 Å². The fourth-order valence-electron chi connectivity index (χ4n) is 7.11. The van der Waals surface area contributed by atoms with Crippen molar-refractivity contribution in [3.05, 3.63) is 138 Å². The van der Waals surface area contributed by atoms with E-state index in [9.17, 15) is 24.6 Å². The molecule has 0 saturated heterocycles. The number of aliphatic hydroxyl groups excluding tert-OH is 1. The van der Waals surface area contributed by atoms with Crippen LogP contribution in [0.4, 0.5) is 17.1 Å². The van der Waals surface area contributed by atoms with Crippen molar-refractivity contribution in [1.82, 2.24) is 9.88 Å². The van der Waals surface area contributed by atoms with Gasteiger partial charge in [0.1, 0.15) is 0 Å². The molecular formula is C40H38N4O5. The molecule has 0 bridgehead atoms. The number of aromatic amines is 1. The highest BCUT2D eigenvalue weighted by Gasteiger charge is 2.53. The molecule has 248 valence electrons. The number of amides is 3. The van der Waals surface area contributed by atoms with Crippen LogP contribution in [0.5, 0.6) is 0 Å². The zero-order chi connectivity index (χ0) is 34.1. The minimum Gasteiger partial charge on any atom is -0.394 e. The standard InChI is InChI=1S/C40H38N4O5/c1-26(10-9-17-38(47)43-24-28-12-6-5-11-27(28)20-32(43)25-45)40(49)34-22-30(18-19-36(34)44(39(40)48)31-13-3-2-4-14-31)42-37(46)21-29-23-41-35-16-8-7-15-33(29)35/h2-16,18-19,22-23,26,32,41,45,49H,17,20-21,24-25H2,1H3,(H,42,46)/b10-9+/t26-,32-,40+/m0/s1. The number of hydrogen-bond donors (Lipinski definition) is 4. The number of benzene rings is 4. The van der Waals surface area contributed by atoms with E-state index in [0.29, 0.717) is 35.6 Å². The summed E-state index contributed by atoms with van der Waals surface area (Å²) in [5, 5.41) is 26.3. The van der Waals surface area contributed by atoms with Crippen LogP contribution in [0.15, 0.2) is 115 Å². The van der Waals surface area contributed by atoms with Gasteiger partial charge in [0, 0.05) is 52.9 Å². The van der Waals surface area contributed by atoms with E-state index in [1.54, 1.807) is 54.3 Å². The summed E-state index contributed by atoms with van der Waals surface area (Å²) in [6, 6.07) is 29.6. The number of hydrogen-bond acceptors (Lipinski definition) is 5. The zero-order valence-electron chi connectivity index (χ0n) is 27.2. The minimum atomic E-state index is -1.97. The zero-order valence-corrected chi connectivity index (χ0v) is 27.2. The first-order valence-corrected chi connectivity index (χ1v) is 16.5. The van der Waals surface area contributed by atoms with E-state index in [1.807, 2.05) is 72.9 Å². The number of anilines is 3.